The molecule has 0 aromatic heterocycles. The average Bonchev–Trinajstić information content (AvgIpc) is 2.38. The van der Waals surface area contributed by atoms with Gasteiger partial charge in [0, 0.05) is 28.3 Å². The molecule has 19 heavy (non-hydrogen) atoms. The van der Waals surface area contributed by atoms with E-state index in [0.717, 1.165) is 5.56 Å². The maximum atomic E-state index is 12.3. The molecule has 0 unspecified atom stereocenters. The van der Waals surface area contributed by atoms with Crippen LogP contribution in [0.4, 0.5) is 0 Å². The van der Waals surface area contributed by atoms with Gasteiger partial charge in [-0.15, -0.1) is 11.8 Å². The highest BCUT2D eigenvalue weighted by molar-refractivity contribution is 8.00. The number of nitrogens with zero attached hydrogens (tertiary/aromatic N) is 1. The molecule has 1 aliphatic rings. The minimum absolute atomic E-state index is 0.107. The van der Waals surface area contributed by atoms with Gasteiger partial charge in [0.15, 0.2) is 0 Å². The van der Waals surface area contributed by atoms with Gasteiger partial charge in [-0.25, -0.2) is 0 Å². The molecule has 3 nitrogen and oxygen atoms in total. The Labute approximate surface area is 119 Å². The minimum atomic E-state index is 0.107. The van der Waals surface area contributed by atoms with Crippen molar-refractivity contribution in [2.24, 2.45) is 0 Å². The van der Waals surface area contributed by atoms with E-state index in [1.165, 1.54) is 4.90 Å². The molecule has 0 radical (unpaired) electrons. The van der Waals surface area contributed by atoms with Crippen molar-refractivity contribution in [3.63, 3.8) is 0 Å². The second kappa shape index (κ2) is 5.97. The van der Waals surface area contributed by atoms with Gasteiger partial charge in [0.2, 0.25) is 0 Å². The minimum Gasteiger partial charge on any atom is -0.378 e. The maximum Gasteiger partial charge on any atom is 0.254 e. The Morgan fingerprint density at radius 2 is 1.74 bits per heavy atom. The van der Waals surface area contributed by atoms with E-state index in [1.54, 1.807) is 0 Å². The molecule has 0 bridgehead atoms. The fourth-order valence-corrected chi connectivity index (χ4v) is 2.95. The molecule has 104 valence electrons. The third-order valence-corrected chi connectivity index (χ3v) is 3.94. The topological polar surface area (TPSA) is 29.5 Å². The molecule has 0 atom stereocenters. The molecular formula is C15H21NO2S. The molecule has 1 aromatic carbocycles. The Hall–Kier alpha value is -1.00. The summed E-state index contributed by atoms with van der Waals surface area (Å²) in [5.74, 6) is 0.107. The van der Waals surface area contributed by atoms with Crippen LogP contribution >= 0.6 is 11.8 Å². The van der Waals surface area contributed by atoms with E-state index in [1.807, 2.05) is 40.9 Å². The number of rotatable bonds is 2. The van der Waals surface area contributed by atoms with E-state index >= 15 is 0 Å². The fraction of sp³-hybridized carbons (Fsp3) is 0.533. The first-order valence-corrected chi connectivity index (χ1v) is 7.43. The Morgan fingerprint density at radius 3 is 2.26 bits per heavy atom. The van der Waals surface area contributed by atoms with Crippen LogP contribution in [0.1, 0.15) is 31.1 Å². The zero-order valence-electron chi connectivity index (χ0n) is 11.8. The van der Waals surface area contributed by atoms with Crippen LogP contribution in [0.15, 0.2) is 29.2 Å². The van der Waals surface area contributed by atoms with Gasteiger partial charge in [-0.3, -0.25) is 4.79 Å². The Balaban J connectivity index is 2.03. The van der Waals surface area contributed by atoms with Crippen molar-refractivity contribution in [3.8, 4) is 0 Å². The molecule has 0 spiro atoms. The van der Waals surface area contributed by atoms with Crippen molar-refractivity contribution in [3.05, 3.63) is 29.8 Å². The summed E-state index contributed by atoms with van der Waals surface area (Å²) in [4.78, 5) is 15.3. The lowest BCUT2D eigenvalue weighted by Crippen LogP contribution is -2.40. The van der Waals surface area contributed by atoms with Crippen LogP contribution < -0.4 is 0 Å². The van der Waals surface area contributed by atoms with E-state index in [4.69, 9.17) is 4.74 Å². The summed E-state index contributed by atoms with van der Waals surface area (Å²) in [7, 11) is 0. The number of hydrogen-bond acceptors (Lipinski definition) is 3. The van der Waals surface area contributed by atoms with Crippen LogP contribution in [-0.4, -0.2) is 41.9 Å². The van der Waals surface area contributed by atoms with Crippen molar-refractivity contribution < 1.29 is 9.53 Å². The monoisotopic (exact) mass is 279 g/mol. The quantitative estimate of drug-likeness (QED) is 0.779. The molecule has 4 heteroatoms. The second-order valence-electron chi connectivity index (χ2n) is 5.64. The zero-order valence-corrected chi connectivity index (χ0v) is 12.6. The molecule has 1 fully saturated rings. The van der Waals surface area contributed by atoms with Gasteiger partial charge >= 0.3 is 0 Å². The van der Waals surface area contributed by atoms with Crippen molar-refractivity contribution in [1.29, 1.82) is 0 Å². The zero-order chi connectivity index (χ0) is 13.9. The predicted octanol–water partition coefficient (Wildman–Crippen LogP) is 3.05. The smallest absolute Gasteiger partial charge is 0.254 e. The third kappa shape index (κ3) is 4.25. The van der Waals surface area contributed by atoms with E-state index in [2.05, 4.69) is 20.8 Å². The number of ether oxygens (including phenoxy) is 1. The fourth-order valence-electron chi connectivity index (χ4n) is 1.97. The summed E-state index contributed by atoms with van der Waals surface area (Å²) in [6.45, 7) is 9.22. The summed E-state index contributed by atoms with van der Waals surface area (Å²) in [6, 6.07) is 7.91. The highest BCUT2D eigenvalue weighted by Crippen LogP contribution is 2.31. The SMILES string of the molecule is CC(C)(C)Sc1ccc(C(=O)N2CCOCC2)cc1. The van der Waals surface area contributed by atoms with Crippen LogP contribution in [-0.2, 0) is 4.74 Å². The van der Waals surface area contributed by atoms with Crippen LogP contribution in [0, 0.1) is 0 Å². The number of thioether (sulfide) groups is 1. The van der Waals surface area contributed by atoms with Crippen LogP contribution in [0.3, 0.4) is 0 Å². The molecule has 1 aromatic rings. The highest BCUT2D eigenvalue weighted by Gasteiger charge is 2.18. The van der Waals surface area contributed by atoms with Crippen molar-refractivity contribution in [2.45, 2.75) is 30.4 Å². The lowest BCUT2D eigenvalue weighted by Gasteiger charge is -2.27. The Bertz CT molecular complexity index is 430. The van der Waals surface area contributed by atoms with Crippen LogP contribution in [0.2, 0.25) is 0 Å². The summed E-state index contributed by atoms with van der Waals surface area (Å²) >= 11 is 1.81. The van der Waals surface area contributed by atoms with Gasteiger partial charge in [0.05, 0.1) is 13.2 Å². The molecule has 0 N–H and O–H groups in total. The lowest BCUT2D eigenvalue weighted by molar-refractivity contribution is 0.0303. The van der Waals surface area contributed by atoms with Gasteiger partial charge in [0.25, 0.3) is 5.91 Å². The van der Waals surface area contributed by atoms with Gasteiger partial charge in [-0.1, -0.05) is 20.8 Å². The number of hydrogen-bond donors (Lipinski definition) is 0. The first-order chi connectivity index (χ1) is 8.96. The maximum absolute atomic E-state index is 12.3. The van der Waals surface area contributed by atoms with Crippen molar-refractivity contribution in [2.75, 3.05) is 26.3 Å². The number of benzene rings is 1. The predicted molar refractivity (Wildman–Crippen MR) is 78.8 cm³/mol. The number of carbonyl (C=O) groups is 1. The molecular weight excluding hydrogens is 258 g/mol. The highest BCUT2D eigenvalue weighted by atomic mass is 32.2. The molecule has 1 amide bonds. The summed E-state index contributed by atoms with van der Waals surface area (Å²) in [5.41, 5.74) is 0.764. The second-order valence-corrected chi connectivity index (χ2v) is 7.54. The Kier molecular flexibility index (Phi) is 4.53. The average molecular weight is 279 g/mol. The van der Waals surface area contributed by atoms with Gasteiger partial charge in [0.1, 0.15) is 0 Å². The third-order valence-electron chi connectivity index (χ3n) is 2.82. The first kappa shape index (κ1) is 14.4. The lowest BCUT2D eigenvalue weighted by atomic mass is 10.2. The summed E-state index contributed by atoms with van der Waals surface area (Å²) in [6.07, 6.45) is 0. The molecule has 1 aliphatic heterocycles. The molecule has 0 aliphatic carbocycles. The van der Waals surface area contributed by atoms with Gasteiger partial charge < -0.3 is 9.64 Å². The molecule has 0 saturated carbocycles. The molecule has 1 heterocycles. The molecule has 1 saturated heterocycles. The van der Waals surface area contributed by atoms with E-state index in [9.17, 15) is 4.79 Å². The van der Waals surface area contributed by atoms with Crippen LogP contribution in [0.25, 0.3) is 0 Å². The normalized spacial score (nSPS) is 16.5. The number of amides is 1. The molecule has 2 rings (SSSR count). The van der Waals surface area contributed by atoms with Crippen molar-refractivity contribution in [1.82, 2.24) is 4.90 Å². The van der Waals surface area contributed by atoms with E-state index in [-0.39, 0.29) is 10.7 Å². The van der Waals surface area contributed by atoms with E-state index in [0.29, 0.717) is 26.3 Å². The summed E-state index contributed by atoms with van der Waals surface area (Å²) in [5, 5.41) is 0. The van der Waals surface area contributed by atoms with Gasteiger partial charge in [-0.2, -0.15) is 0 Å². The van der Waals surface area contributed by atoms with E-state index < -0.39 is 0 Å². The number of morpholine rings is 1. The van der Waals surface area contributed by atoms with Crippen molar-refractivity contribution >= 4 is 17.7 Å². The first-order valence-electron chi connectivity index (χ1n) is 6.62. The summed E-state index contributed by atoms with van der Waals surface area (Å²) < 4.78 is 5.45. The Morgan fingerprint density at radius 1 is 1.16 bits per heavy atom. The largest absolute Gasteiger partial charge is 0.378 e. The standard InChI is InChI=1S/C15H21NO2S/c1-15(2,3)19-13-6-4-12(5-7-13)14(17)16-8-10-18-11-9-16/h4-7H,8-11H2,1-3H3. The van der Waals surface area contributed by atoms with Gasteiger partial charge in [-0.05, 0) is 24.3 Å². The number of carbonyl (C=O) groups excluding carboxylic acids is 1. The van der Waals surface area contributed by atoms with Crippen LogP contribution in [0.5, 0.6) is 0 Å².